The van der Waals surface area contributed by atoms with Gasteiger partial charge in [-0.05, 0) is 30.8 Å². The average molecular weight is 195 g/mol. The molecule has 0 radical (unpaired) electrons. The summed E-state index contributed by atoms with van der Waals surface area (Å²) in [5, 5.41) is 0. The molecule has 3 nitrogen and oxygen atoms in total. The highest BCUT2D eigenvalue weighted by atomic mass is 32.1. The summed E-state index contributed by atoms with van der Waals surface area (Å²) in [6.07, 6.45) is 1.81. The Morgan fingerprint density at radius 3 is 2.69 bits per heavy atom. The Bertz CT molecular complexity index is 441. The fourth-order valence-corrected chi connectivity index (χ4v) is 1.23. The van der Waals surface area contributed by atoms with Crippen LogP contribution in [0.25, 0.3) is 11.2 Å². The number of nitrogens with one attached hydrogen (secondary N) is 2. The molecule has 0 aliphatic rings. The molecule has 0 aliphatic carbocycles. The number of aromatic nitrogens is 3. The number of hydrogen-bond acceptors (Lipinski definition) is 2. The van der Waals surface area contributed by atoms with Crippen LogP contribution in [0.15, 0.2) is 12.3 Å². The fourth-order valence-electron chi connectivity index (χ4n) is 1.03. The van der Waals surface area contributed by atoms with Crippen LogP contribution in [0.4, 0.5) is 0 Å². The Hall–Kier alpha value is -1.16. The number of aryl methyl sites for hydroxylation is 1. The predicted octanol–water partition coefficient (Wildman–Crippen LogP) is 2.96. The van der Waals surface area contributed by atoms with Gasteiger partial charge in [-0.15, -0.1) is 0 Å². The molecule has 0 bridgehead atoms. The number of imidazole rings is 1. The molecule has 0 aliphatic heterocycles. The Morgan fingerprint density at radius 2 is 2.00 bits per heavy atom. The third-order valence-electron chi connectivity index (χ3n) is 1.50. The van der Waals surface area contributed by atoms with E-state index in [-0.39, 0.29) is 0 Å². The average Bonchev–Trinajstić information content (AvgIpc) is 2.48. The minimum absolute atomic E-state index is 0.623. The molecule has 2 heterocycles. The second-order valence-electron chi connectivity index (χ2n) is 2.49. The van der Waals surface area contributed by atoms with Gasteiger partial charge in [0.15, 0.2) is 10.4 Å². The van der Waals surface area contributed by atoms with Gasteiger partial charge in [0.1, 0.15) is 0 Å². The Morgan fingerprint density at radius 1 is 1.31 bits per heavy atom. The molecule has 2 rings (SSSR count). The molecule has 0 atom stereocenters. The molecular weight excluding hydrogens is 182 g/mol. The molecule has 0 saturated heterocycles. The maximum Gasteiger partial charge on any atom is 0.176 e. The van der Waals surface area contributed by atoms with Crippen molar-refractivity contribution in [2.75, 3.05) is 0 Å². The normalized spacial score (nSPS) is 9.46. The smallest absolute Gasteiger partial charge is 0.176 e. The largest absolute Gasteiger partial charge is 0.329 e. The highest BCUT2D eigenvalue weighted by Crippen LogP contribution is 2.07. The lowest BCUT2D eigenvalue weighted by molar-refractivity contribution is 1.26. The quantitative estimate of drug-likeness (QED) is 0.635. The maximum atomic E-state index is 4.91. The van der Waals surface area contributed by atoms with Gasteiger partial charge in [-0.2, -0.15) is 0 Å². The van der Waals surface area contributed by atoms with E-state index in [0.717, 1.165) is 16.7 Å². The van der Waals surface area contributed by atoms with E-state index in [0.29, 0.717) is 4.77 Å². The number of rotatable bonds is 0. The fraction of sp³-hybridized carbons (Fsp3) is 0.333. The lowest BCUT2D eigenvalue weighted by Crippen LogP contribution is -1.77. The van der Waals surface area contributed by atoms with Crippen LogP contribution >= 0.6 is 12.2 Å². The van der Waals surface area contributed by atoms with Crippen LogP contribution in [0, 0.1) is 11.7 Å². The van der Waals surface area contributed by atoms with Crippen LogP contribution in [0.5, 0.6) is 0 Å². The minimum Gasteiger partial charge on any atom is -0.329 e. The topological polar surface area (TPSA) is 44.5 Å². The van der Waals surface area contributed by atoms with Crippen molar-refractivity contribution in [3.05, 3.63) is 22.6 Å². The van der Waals surface area contributed by atoms with Gasteiger partial charge >= 0.3 is 0 Å². The third kappa shape index (κ3) is 2.15. The van der Waals surface area contributed by atoms with E-state index in [1.165, 1.54) is 0 Å². The SMILES string of the molecule is CC.Cc1cnc2[nH]c(=S)[nH]c2c1. The van der Waals surface area contributed by atoms with E-state index in [4.69, 9.17) is 12.2 Å². The zero-order valence-corrected chi connectivity index (χ0v) is 8.83. The van der Waals surface area contributed by atoms with E-state index in [1.54, 1.807) is 6.20 Å². The van der Waals surface area contributed by atoms with E-state index >= 15 is 0 Å². The highest BCUT2D eigenvalue weighted by Gasteiger charge is 1.95. The summed E-state index contributed by atoms with van der Waals surface area (Å²) in [7, 11) is 0. The van der Waals surface area contributed by atoms with Gasteiger partial charge in [-0.25, -0.2) is 4.98 Å². The first-order valence-electron chi connectivity index (χ1n) is 4.30. The van der Waals surface area contributed by atoms with Gasteiger partial charge in [0.05, 0.1) is 5.52 Å². The number of fused-ring (bicyclic) bond motifs is 1. The zero-order valence-electron chi connectivity index (χ0n) is 8.01. The van der Waals surface area contributed by atoms with Gasteiger partial charge < -0.3 is 9.97 Å². The summed E-state index contributed by atoms with van der Waals surface area (Å²) in [4.78, 5) is 10.1. The van der Waals surface area contributed by atoms with Gasteiger partial charge in [0, 0.05) is 6.20 Å². The molecular formula is C9H13N3S. The molecule has 2 N–H and O–H groups in total. The maximum absolute atomic E-state index is 4.91. The molecule has 2 aromatic rings. The van der Waals surface area contributed by atoms with Crippen LogP contribution in [0.2, 0.25) is 0 Å². The molecule has 0 unspecified atom stereocenters. The molecule has 13 heavy (non-hydrogen) atoms. The van der Waals surface area contributed by atoms with Crippen LogP contribution in [0.1, 0.15) is 19.4 Å². The lowest BCUT2D eigenvalue weighted by atomic mass is 10.3. The molecule has 0 fully saturated rings. The summed E-state index contributed by atoms with van der Waals surface area (Å²) >= 11 is 4.91. The van der Waals surface area contributed by atoms with Crippen LogP contribution in [0.3, 0.4) is 0 Å². The van der Waals surface area contributed by atoms with E-state index in [2.05, 4.69) is 15.0 Å². The summed E-state index contributed by atoms with van der Waals surface area (Å²) < 4.78 is 0.623. The van der Waals surface area contributed by atoms with Crippen LogP contribution in [-0.2, 0) is 0 Å². The van der Waals surface area contributed by atoms with Crippen molar-refractivity contribution in [3.63, 3.8) is 0 Å². The second-order valence-corrected chi connectivity index (χ2v) is 2.90. The molecule has 0 spiro atoms. The molecule has 0 aromatic carbocycles. The standard InChI is InChI=1S/C7H7N3S.C2H6/c1-4-2-5-6(8-3-4)10-7(11)9-5;1-2/h2-3H,1H3,(H2,8,9,10,11);1-2H3. The number of nitrogens with zero attached hydrogens (tertiary/aromatic N) is 1. The van der Waals surface area contributed by atoms with Crippen LogP contribution in [-0.4, -0.2) is 15.0 Å². The van der Waals surface area contributed by atoms with Crippen molar-refractivity contribution in [1.29, 1.82) is 0 Å². The molecule has 2 aromatic heterocycles. The Labute approximate surface area is 82.2 Å². The summed E-state index contributed by atoms with van der Waals surface area (Å²) in [5.41, 5.74) is 2.92. The first-order valence-corrected chi connectivity index (χ1v) is 4.71. The number of aromatic amines is 2. The van der Waals surface area contributed by atoms with Gasteiger partial charge in [-0.3, -0.25) is 0 Å². The van der Waals surface area contributed by atoms with Crippen molar-refractivity contribution in [3.8, 4) is 0 Å². The zero-order chi connectivity index (χ0) is 9.84. The van der Waals surface area contributed by atoms with E-state index in [9.17, 15) is 0 Å². The summed E-state index contributed by atoms with van der Waals surface area (Å²) in [6.45, 7) is 6.00. The first-order chi connectivity index (χ1) is 6.25. The van der Waals surface area contributed by atoms with Gasteiger partial charge in [-0.1, -0.05) is 13.8 Å². The van der Waals surface area contributed by atoms with Crippen molar-refractivity contribution in [2.45, 2.75) is 20.8 Å². The van der Waals surface area contributed by atoms with E-state index < -0.39 is 0 Å². The Balaban J connectivity index is 0.000000396. The van der Waals surface area contributed by atoms with Crippen molar-refractivity contribution in [1.82, 2.24) is 15.0 Å². The van der Waals surface area contributed by atoms with Gasteiger partial charge in [0.25, 0.3) is 0 Å². The molecule has 70 valence electrons. The monoisotopic (exact) mass is 195 g/mol. The van der Waals surface area contributed by atoms with Gasteiger partial charge in [0.2, 0.25) is 0 Å². The van der Waals surface area contributed by atoms with Crippen LogP contribution < -0.4 is 0 Å². The minimum atomic E-state index is 0.623. The number of hydrogen-bond donors (Lipinski definition) is 2. The first kappa shape index (κ1) is 9.92. The number of H-pyrrole nitrogens is 2. The Kier molecular flexibility index (Phi) is 3.19. The summed E-state index contributed by atoms with van der Waals surface area (Å²) in [6, 6.07) is 2.01. The van der Waals surface area contributed by atoms with E-state index in [1.807, 2.05) is 26.8 Å². The molecule has 0 amide bonds. The van der Waals surface area contributed by atoms with Crippen molar-refractivity contribution in [2.24, 2.45) is 0 Å². The van der Waals surface area contributed by atoms with Crippen molar-refractivity contribution >= 4 is 23.4 Å². The highest BCUT2D eigenvalue weighted by molar-refractivity contribution is 7.71. The lowest BCUT2D eigenvalue weighted by Gasteiger charge is -1.88. The second kappa shape index (κ2) is 4.18. The third-order valence-corrected chi connectivity index (χ3v) is 1.71. The predicted molar refractivity (Wildman–Crippen MR) is 57.4 cm³/mol. The summed E-state index contributed by atoms with van der Waals surface area (Å²) in [5.74, 6) is 0. The molecule has 0 saturated carbocycles. The van der Waals surface area contributed by atoms with Crippen molar-refractivity contribution < 1.29 is 0 Å². The number of pyridine rings is 1. The molecule has 4 heteroatoms.